The van der Waals surface area contributed by atoms with Crippen LogP contribution in [0.2, 0.25) is 0 Å². The van der Waals surface area contributed by atoms with Crippen molar-refractivity contribution in [1.82, 2.24) is 10.2 Å². The molecule has 156 valence electrons. The number of carbonyl (C=O) groups excluding carboxylic acids is 3. The molecular weight excluding hydrogens is 448 g/mol. The first-order valence-electron chi connectivity index (χ1n) is 10.0. The van der Waals surface area contributed by atoms with Crippen molar-refractivity contribution in [2.24, 2.45) is 5.92 Å². The lowest BCUT2D eigenvalue weighted by atomic mass is 10.0. The van der Waals surface area contributed by atoms with Crippen LogP contribution in [0.15, 0.2) is 46.9 Å². The Morgan fingerprint density at radius 1 is 1.17 bits per heavy atom. The summed E-state index contributed by atoms with van der Waals surface area (Å²) in [7, 11) is 1.54. The Labute approximate surface area is 183 Å². The van der Waals surface area contributed by atoms with Gasteiger partial charge < -0.3 is 15.0 Å². The highest BCUT2D eigenvalue weighted by Crippen LogP contribution is 2.34. The average molecular weight is 471 g/mol. The van der Waals surface area contributed by atoms with E-state index in [1.54, 1.807) is 41.3 Å². The minimum Gasteiger partial charge on any atom is -0.496 e. The molecule has 1 aliphatic carbocycles. The molecule has 1 saturated heterocycles. The Morgan fingerprint density at radius 2 is 1.97 bits per heavy atom. The topological polar surface area (TPSA) is 75.7 Å². The van der Waals surface area contributed by atoms with Crippen LogP contribution in [0.3, 0.4) is 0 Å². The molecule has 6 nitrogen and oxygen atoms in total. The van der Waals surface area contributed by atoms with Gasteiger partial charge >= 0.3 is 0 Å². The monoisotopic (exact) mass is 470 g/mol. The minimum atomic E-state index is -0.393. The molecule has 30 heavy (non-hydrogen) atoms. The second-order valence-corrected chi connectivity index (χ2v) is 8.67. The second-order valence-electron chi connectivity index (χ2n) is 7.82. The molecule has 1 atom stereocenters. The first kappa shape index (κ1) is 20.6. The lowest BCUT2D eigenvalue weighted by Crippen LogP contribution is -2.31. The fraction of sp³-hybridized carbons (Fsp3) is 0.348. The number of likely N-dealkylation sites (tertiary alicyclic amines) is 1. The Morgan fingerprint density at radius 3 is 2.70 bits per heavy atom. The van der Waals surface area contributed by atoms with E-state index in [1.165, 1.54) is 20.0 Å². The van der Waals surface area contributed by atoms with Gasteiger partial charge in [0, 0.05) is 24.1 Å². The molecule has 0 radical (unpaired) electrons. The van der Waals surface area contributed by atoms with Crippen LogP contribution in [-0.2, 0) is 4.79 Å². The average Bonchev–Trinajstić information content (AvgIpc) is 3.51. The third-order valence-corrected chi connectivity index (χ3v) is 6.24. The lowest BCUT2D eigenvalue weighted by Gasteiger charge is -2.25. The number of nitrogens with zero attached hydrogens (tertiary/aromatic N) is 1. The van der Waals surface area contributed by atoms with Gasteiger partial charge in [-0.05, 0) is 70.6 Å². The Hall–Kier alpha value is -2.67. The molecule has 1 saturated carbocycles. The first-order valence-corrected chi connectivity index (χ1v) is 10.8. The standard InChI is InChI=1S/C23H23BrN2O4/c1-30-21-10-17(7-8-19(21)24)23(29)26-13-18(27)11-20(26)15-3-2-4-16(9-15)22(28)25-12-14-5-6-14/h2-4,7-10,14,20H,5-6,11-13H2,1H3,(H,25,28)/t20-/m1/s1. The van der Waals surface area contributed by atoms with Crippen molar-refractivity contribution in [2.45, 2.75) is 25.3 Å². The molecule has 1 heterocycles. The molecule has 2 fully saturated rings. The zero-order valence-electron chi connectivity index (χ0n) is 16.7. The molecule has 4 rings (SSSR count). The molecule has 2 aromatic rings. The molecule has 0 aromatic heterocycles. The normalized spacial score (nSPS) is 18.4. The SMILES string of the molecule is COc1cc(C(=O)N2CC(=O)C[C@@H]2c2cccc(C(=O)NCC3CC3)c2)ccc1Br. The molecule has 0 spiro atoms. The predicted octanol–water partition coefficient (Wildman–Crippen LogP) is 3.75. The third kappa shape index (κ3) is 4.41. The van der Waals surface area contributed by atoms with Crippen LogP contribution >= 0.6 is 15.9 Å². The highest BCUT2D eigenvalue weighted by atomic mass is 79.9. The minimum absolute atomic E-state index is 0.000940. The number of hydrogen-bond donors (Lipinski definition) is 1. The number of nitrogens with one attached hydrogen (secondary N) is 1. The number of rotatable bonds is 6. The quantitative estimate of drug-likeness (QED) is 0.697. The third-order valence-electron chi connectivity index (χ3n) is 5.58. The van der Waals surface area contributed by atoms with Gasteiger partial charge in [0.1, 0.15) is 5.75 Å². The summed E-state index contributed by atoms with van der Waals surface area (Å²) in [6.45, 7) is 0.751. The number of benzene rings is 2. The summed E-state index contributed by atoms with van der Waals surface area (Å²) >= 11 is 3.39. The zero-order valence-corrected chi connectivity index (χ0v) is 18.3. The van der Waals surface area contributed by atoms with E-state index in [0.29, 0.717) is 29.3 Å². The van der Waals surface area contributed by atoms with E-state index in [-0.39, 0.29) is 30.6 Å². The van der Waals surface area contributed by atoms with Gasteiger partial charge in [-0.3, -0.25) is 14.4 Å². The summed E-state index contributed by atoms with van der Waals surface area (Å²) < 4.78 is 6.04. The van der Waals surface area contributed by atoms with Crippen molar-refractivity contribution in [2.75, 3.05) is 20.2 Å². The van der Waals surface area contributed by atoms with Crippen molar-refractivity contribution in [3.63, 3.8) is 0 Å². The van der Waals surface area contributed by atoms with E-state index >= 15 is 0 Å². The summed E-state index contributed by atoms with van der Waals surface area (Å²) in [4.78, 5) is 39.5. The highest BCUT2D eigenvalue weighted by Gasteiger charge is 2.36. The molecule has 1 aliphatic heterocycles. The van der Waals surface area contributed by atoms with Crippen LogP contribution in [0.5, 0.6) is 5.75 Å². The van der Waals surface area contributed by atoms with Crippen molar-refractivity contribution in [3.8, 4) is 5.75 Å². The molecule has 1 N–H and O–H groups in total. The number of amides is 2. The first-order chi connectivity index (χ1) is 14.5. The maximum absolute atomic E-state index is 13.2. The van der Waals surface area contributed by atoms with Crippen LogP contribution in [0.1, 0.15) is 51.6 Å². The number of methoxy groups -OCH3 is 1. The smallest absolute Gasteiger partial charge is 0.254 e. The van der Waals surface area contributed by atoms with Crippen LogP contribution in [0, 0.1) is 5.92 Å². The van der Waals surface area contributed by atoms with Crippen molar-refractivity contribution in [1.29, 1.82) is 0 Å². The molecule has 2 aliphatic rings. The Kier molecular flexibility index (Phi) is 5.90. The summed E-state index contributed by atoms with van der Waals surface area (Å²) in [5.41, 5.74) is 1.79. The molecule has 0 bridgehead atoms. The number of carbonyl (C=O) groups is 3. The molecule has 0 unspecified atom stereocenters. The van der Waals surface area contributed by atoms with E-state index in [4.69, 9.17) is 4.74 Å². The van der Waals surface area contributed by atoms with Gasteiger partial charge in [0.05, 0.1) is 24.2 Å². The van der Waals surface area contributed by atoms with Gasteiger partial charge in [-0.2, -0.15) is 0 Å². The van der Waals surface area contributed by atoms with Crippen molar-refractivity contribution < 1.29 is 19.1 Å². The van der Waals surface area contributed by atoms with E-state index in [1.807, 2.05) is 6.07 Å². The van der Waals surface area contributed by atoms with Gasteiger partial charge in [0.25, 0.3) is 11.8 Å². The summed E-state index contributed by atoms with van der Waals surface area (Å²) in [6.07, 6.45) is 2.58. The summed E-state index contributed by atoms with van der Waals surface area (Å²) in [5, 5.41) is 2.96. The van der Waals surface area contributed by atoms with Crippen molar-refractivity contribution >= 4 is 33.5 Å². The molecule has 7 heteroatoms. The van der Waals surface area contributed by atoms with E-state index in [9.17, 15) is 14.4 Å². The van der Waals surface area contributed by atoms with Crippen LogP contribution in [-0.4, -0.2) is 42.7 Å². The van der Waals surface area contributed by atoms with E-state index in [2.05, 4.69) is 21.2 Å². The largest absolute Gasteiger partial charge is 0.496 e. The fourth-order valence-electron chi connectivity index (χ4n) is 3.71. The van der Waals surface area contributed by atoms with Gasteiger partial charge in [-0.25, -0.2) is 0 Å². The fourth-order valence-corrected chi connectivity index (χ4v) is 4.12. The number of ether oxygens (including phenoxy) is 1. The van der Waals surface area contributed by atoms with E-state index < -0.39 is 6.04 Å². The number of ketones is 1. The van der Waals surface area contributed by atoms with Crippen molar-refractivity contribution in [3.05, 3.63) is 63.6 Å². The number of hydrogen-bond acceptors (Lipinski definition) is 4. The Bertz CT molecular complexity index is 1000. The zero-order chi connectivity index (χ0) is 21.3. The van der Waals surface area contributed by atoms with Crippen LogP contribution in [0.25, 0.3) is 0 Å². The second kappa shape index (κ2) is 8.60. The van der Waals surface area contributed by atoms with Crippen LogP contribution in [0.4, 0.5) is 0 Å². The predicted molar refractivity (Wildman–Crippen MR) is 116 cm³/mol. The van der Waals surface area contributed by atoms with Gasteiger partial charge in [0.15, 0.2) is 5.78 Å². The molecule has 2 amide bonds. The highest BCUT2D eigenvalue weighted by molar-refractivity contribution is 9.10. The van der Waals surface area contributed by atoms with Gasteiger partial charge in [0.2, 0.25) is 0 Å². The number of halogens is 1. The van der Waals surface area contributed by atoms with Gasteiger partial charge in [-0.1, -0.05) is 12.1 Å². The molecular formula is C23H23BrN2O4. The Balaban J connectivity index is 1.56. The van der Waals surface area contributed by atoms with Gasteiger partial charge in [-0.15, -0.1) is 0 Å². The maximum Gasteiger partial charge on any atom is 0.254 e. The summed E-state index contributed by atoms with van der Waals surface area (Å²) in [6, 6.07) is 11.9. The van der Waals surface area contributed by atoms with Crippen LogP contribution < -0.4 is 10.1 Å². The van der Waals surface area contributed by atoms with E-state index in [0.717, 1.165) is 10.0 Å². The number of Topliss-reactive ketones (excluding diaryl/α,β-unsaturated/α-hetero) is 1. The lowest BCUT2D eigenvalue weighted by molar-refractivity contribution is -0.116. The summed E-state index contributed by atoms with van der Waals surface area (Å²) in [5.74, 6) is 0.794. The maximum atomic E-state index is 13.2. The molecule has 2 aromatic carbocycles.